The van der Waals surface area contributed by atoms with Gasteiger partial charge < -0.3 is 4.98 Å². The number of benzene rings is 1. The maximum atomic E-state index is 4.43. The molecule has 0 atom stereocenters. The van der Waals surface area contributed by atoms with Gasteiger partial charge in [-0.05, 0) is 35.4 Å². The third-order valence-electron chi connectivity index (χ3n) is 3.20. The van der Waals surface area contributed by atoms with Crippen LogP contribution in [0, 0.1) is 0 Å². The minimum absolute atomic E-state index is 0.835. The lowest BCUT2D eigenvalue weighted by atomic mass is 10.0. The van der Waals surface area contributed by atoms with Gasteiger partial charge in [-0.25, -0.2) is 0 Å². The van der Waals surface area contributed by atoms with Gasteiger partial charge in [-0.3, -0.25) is 0 Å². The minimum atomic E-state index is 0.835. The normalized spacial score (nSPS) is 15.3. The van der Waals surface area contributed by atoms with Gasteiger partial charge in [0.2, 0.25) is 0 Å². The highest BCUT2D eigenvalue weighted by atomic mass is 32.1. The summed E-state index contributed by atoms with van der Waals surface area (Å²) in [5, 5.41) is 0. The molecule has 2 aromatic rings. The van der Waals surface area contributed by atoms with Crippen LogP contribution in [0.5, 0.6) is 0 Å². The maximum absolute atomic E-state index is 4.43. The molecule has 1 aromatic carbocycles. The van der Waals surface area contributed by atoms with Crippen LogP contribution in [0.25, 0.3) is 0 Å². The second kappa shape index (κ2) is 4.02. The molecule has 16 heavy (non-hydrogen) atoms. The van der Waals surface area contributed by atoms with E-state index in [0.717, 1.165) is 17.2 Å². The summed E-state index contributed by atoms with van der Waals surface area (Å²) < 4.78 is 0. The van der Waals surface area contributed by atoms with Crippen molar-refractivity contribution < 1.29 is 0 Å². The molecule has 0 radical (unpaired) electrons. The average molecular weight is 229 g/mol. The van der Waals surface area contributed by atoms with Crippen LogP contribution in [0.3, 0.4) is 0 Å². The molecule has 1 nitrogen and oxygen atoms in total. The highest BCUT2D eigenvalue weighted by Crippen LogP contribution is 2.40. The number of hydrogen-bond donors (Lipinski definition) is 2. The molecule has 1 saturated carbocycles. The molecular formula is C14H15NS. The van der Waals surface area contributed by atoms with Gasteiger partial charge in [0.05, 0.1) is 0 Å². The van der Waals surface area contributed by atoms with Crippen LogP contribution in [-0.2, 0) is 6.42 Å². The van der Waals surface area contributed by atoms with E-state index in [1.165, 1.54) is 29.5 Å². The Labute approximate surface area is 101 Å². The monoisotopic (exact) mass is 229 g/mol. The van der Waals surface area contributed by atoms with Gasteiger partial charge >= 0.3 is 0 Å². The van der Waals surface area contributed by atoms with E-state index in [1.54, 1.807) is 0 Å². The van der Waals surface area contributed by atoms with E-state index in [-0.39, 0.29) is 0 Å². The van der Waals surface area contributed by atoms with Crippen molar-refractivity contribution in [1.29, 1.82) is 0 Å². The lowest BCUT2D eigenvalue weighted by Crippen LogP contribution is -1.89. The van der Waals surface area contributed by atoms with Crippen LogP contribution in [0.15, 0.2) is 41.6 Å². The third kappa shape index (κ3) is 2.03. The van der Waals surface area contributed by atoms with E-state index in [9.17, 15) is 0 Å². The Kier molecular flexibility index (Phi) is 2.52. The summed E-state index contributed by atoms with van der Waals surface area (Å²) in [7, 11) is 0. The third-order valence-corrected chi connectivity index (χ3v) is 3.62. The Morgan fingerprint density at radius 1 is 1.25 bits per heavy atom. The van der Waals surface area contributed by atoms with Crippen molar-refractivity contribution in [3.05, 3.63) is 53.3 Å². The lowest BCUT2D eigenvalue weighted by Gasteiger charge is -2.04. The molecule has 1 aromatic heterocycles. The van der Waals surface area contributed by atoms with Crippen molar-refractivity contribution in [3.63, 3.8) is 0 Å². The van der Waals surface area contributed by atoms with E-state index in [1.807, 2.05) is 12.4 Å². The Morgan fingerprint density at radius 3 is 2.81 bits per heavy atom. The largest absolute Gasteiger partial charge is 0.366 e. The second-order valence-corrected chi connectivity index (χ2v) is 5.04. The molecule has 82 valence electrons. The standard InChI is InChI=1S/C14H15NS/c16-14-9-15-8-13(14)7-10-2-1-3-12(6-10)11-4-5-11/h1-3,6,8-9,11,15-16H,4-5,7H2. The molecule has 0 spiro atoms. The quantitative estimate of drug-likeness (QED) is 0.745. The molecule has 2 heteroatoms. The van der Waals surface area contributed by atoms with Gasteiger partial charge in [0.1, 0.15) is 0 Å². The van der Waals surface area contributed by atoms with Gasteiger partial charge in [0.15, 0.2) is 0 Å². The second-order valence-electron chi connectivity index (χ2n) is 4.56. The van der Waals surface area contributed by atoms with Crippen molar-refractivity contribution in [2.24, 2.45) is 0 Å². The number of thiol groups is 1. The van der Waals surface area contributed by atoms with E-state index in [2.05, 4.69) is 41.9 Å². The van der Waals surface area contributed by atoms with E-state index >= 15 is 0 Å². The number of rotatable bonds is 3. The summed E-state index contributed by atoms with van der Waals surface area (Å²) in [4.78, 5) is 4.14. The van der Waals surface area contributed by atoms with Crippen LogP contribution in [0.4, 0.5) is 0 Å². The first-order valence-electron chi connectivity index (χ1n) is 5.76. The van der Waals surface area contributed by atoms with Gasteiger partial charge in [0, 0.05) is 23.7 Å². The average Bonchev–Trinajstić information content (AvgIpc) is 3.06. The highest BCUT2D eigenvalue weighted by molar-refractivity contribution is 7.80. The number of aromatic nitrogens is 1. The Morgan fingerprint density at radius 2 is 2.12 bits per heavy atom. The van der Waals surface area contributed by atoms with E-state index in [0.29, 0.717) is 0 Å². The van der Waals surface area contributed by atoms with Crippen LogP contribution < -0.4 is 0 Å². The van der Waals surface area contributed by atoms with Crippen molar-refractivity contribution >= 4 is 12.6 Å². The number of aromatic amines is 1. The highest BCUT2D eigenvalue weighted by Gasteiger charge is 2.23. The van der Waals surface area contributed by atoms with E-state index < -0.39 is 0 Å². The first-order valence-corrected chi connectivity index (χ1v) is 6.21. The Hall–Kier alpha value is -1.15. The van der Waals surface area contributed by atoms with Gasteiger partial charge in [-0.15, -0.1) is 12.6 Å². The van der Waals surface area contributed by atoms with Gasteiger partial charge in [0.25, 0.3) is 0 Å². The summed E-state index contributed by atoms with van der Waals surface area (Å²) in [5.41, 5.74) is 4.17. The molecule has 1 N–H and O–H groups in total. The zero-order chi connectivity index (χ0) is 11.0. The predicted octanol–water partition coefficient (Wildman–Crippen LogP) is 3.77. The Bertz CT molecular complexity index is 497. The topological polar surface area (TPSA) is 15.8 Å². The molecule has 3 rings (SSSR count). The Balaban J connectivity index is 1.84. The SMILES string of the molecule is Sc1c[nH]cc1Cc1cccc(C2CC2)c1. The summed E-state index contributed by atoms with van der Waals surface area (Å²) in [5.74, 6) is 0.835. The fourth-order valence-corrected chi connectivity index (χ4v) is 2.34. The van der Waals surface area contributed by atoms with Crippen molar-refractivity contribution in [1.82, 2.24) is 4.98 Å². The first-order chi connectivity index (χ1) is 7.83. The molecule has 0 aliphatic heterocycles. The first kappa shape index (κ1) is 10.0. The summed E-state index contributed by atoms with van der Waals surface area (Å²) in [6, 6.07) is 8.97. The van der Waals surface area contributed by atoms with Crippen LogP contribution in [0.1, 0.15) is 35.4 Å². The number of H-pyrrole nitrogens is 1. The molecule has 0 amide bonds. The molecule has 1 fully saturated rings. The summed E-state index contributed by atoms with van der Waals surface area (Å²) in [6.07, 6.45) is 7.68. The molecule has 0 unspecified atom stereocenters. The number of hydrogen-bond acceptors (Lipinski definition) is 1. The zero-order valence-corrected chi connectivity index (χ0v) is 10.0. The summed E-state index contributed by atoms with van der Waals surface area (Å²) in [6.45, 7) is 0. The van der Waals surface area contributed by atoms with Gasteiger partial charge in [-0.2, -0.15) is 0 Å². The fraction of sp³-hybridized carbons (Fsp3) is 0.286. The van der Waals surface area contributed by atoms with Crippen LogP contribution in [0.2, 0.25) is 0 Å². The van der Waals surface area contributed by atoms with Crippen molar-refractivity contribution in [2.75, 3.05) is 0 Å². The molecule has 1 aliphatic rings. The maximum Gasteiger partial charge on any atom is 0.0251 e. The van der Waals surface area contributed by atoms with E-state index in [4.69, 9.17) is 0 Å². The molecule has 0 bridgehead atoms. The summed E-state index contributed by atoms with van der Waals surface area (Å²) >= 11 is 4.43. The predicted molar refractivity (Wildman–Crippen MR) is 69.3 cm³/mol. The zero-order valence-electron chi connectivity index (χ0n) is 9.11. The lowest BCUT2D eigenvalue weighted by molar-refractivity contribution is 1.09. The smallest absolute Gasteiger partial charge is 0.0251 e. The molecule has 1 aliphatic carbocycles. The number of nitrogens with one attached hydrogen (secondary N) is 1. The van der Waals surface area contributed by atoms with Crippen LogP contribution in [-0.4, -0.2) is 4.98 Å². The van der Waals surface area contributed by atoms with Crippen LogP contribution >= 0.6 is 12.6 Å². The van der Waals surface area contributed by atoms with Crippen molar-refractivity contribution in [2.45, 2.75) is 30.1 Å². The minimum Gasteiger partial charge on any atom is -0.366 e. The molecule has 1 heterocycles. The fourth-order valence-electron chi connectivity index (χ4n) is 2.12. The van der Waals surface area contributed by atoms with Gasteiger partial charge in [-0.1, -0.05) is 24.3 Å². The molecule has 0 saturated heterocycles. The van der Waals surface area contributed by atoms with Crippen molar-refractivity contribution in [3.8, 4) is 0 Å². The molecular weight excluding hydrogens is 214 g/mol.